The van der Waals surface area contributed by atoms with Crippen LogP contribution in [0.1, 0.15) is 20.8 Å². The molecule has 22 heavy (non-hydrogen) atoms. The molecular formula is C14H21ClN2O4S. The van der Waals surface area contributed by atoms with E-state index in [1.54, 1.807) is 0 Å². The summed E-state index contributed by atoms with van der Waals surface area (Å²) in [5.74, 6) is 0.286. The lowest BCUT2D eigenvalue weighted by Crippen LogP contribution is -2.45. The third kappa shape index (κ3) is 5.15. The van der Waals surface area contributed by atoms with Gasteiger partial charge in [0.1, 0.15) is 5.75 Å². The van der Waals surface area contributed by atoms with Gasteiger partial charge in [0, 0.05) is 6.54 Å². The Bertz CT molecular complexity index is 632. The highest BCUT2D eigenvalue weighted by Gasteiger charge is 2.22. The van der Waals surface area contributed by atoms with Crippen LogP contribution in [0.2, 0.25) is 5.02 Å². The lowest BCUT2D eigenvalue weighted by atomic mass is 10.2. The largest absolute Gasteiger partial charge is 0.495 e. The van der Waals surface area contributed by atoms with E-state index in [0.717, 1.165) is 0 Å². The van der Waals surface area contributed by atoms with Crippen LogP contribution in [0.3, 0.4) is 0 Å². The molecule has 0 aliphatic carbocycles. The molecule has 0 radical (unpaired) electrons. The summed E-state index contributed by atoms with van der Waals surface area (Å²) in [5, 5.41) is 2.86. The molecule has 0 aromatic heterocycles. The van der Waals surface area contributed by atoms with Crippen molar-refractivity contribution in [2.45, 2.75) is 31.7 Å². The SMILES string of the molecule is COc1ccc(S(=O)(=O)N[C@H](C)C(=O)NCC(C)C)cc1Cl. The molecule has 0 bridgehead atoms. The summed E-state index contributed by atoms with van der Waals surface area (Å²) in [4.78, 5) is 11.8. The molecule has 0 aliphatic heterocycles. The van der Waals surface area contributed by atoms with E-state index >= 15 is 0 Å². The van der Waals surface area contributed by atoms with Gasteiger partial charge in [0.15, 0.2) is 0 Å². The fourth-order valence-corrected chi connectivity index (χ4v) is 3.18. The average Bonchev–Trinajstić information content (AvgIpc) is 2.43. The predicted octanol–water partition coefficient (Wildman–Crippen LogP) is 1.79. The minimum atomic E-state index is -3.84. The molecule has 0 spiro atoms. The first-order valence-electron chi connectivity index (χ1n) is 6.81. The Hall–Kier alpha value is -1.31. The number of rotatable bonds is 7. The number of carbonyl (C=O) groups excluding carboxylic acids is 1. The third-order valence-corrected chi connectivity index (χ3v) is 4.68. The average molecular weight is 349 g/mol. The Morgan fingerprint density at radius 1 is 1.32 bits per heavy atom. The Labute approximate surface area is 136 Å². The van der Waals surface area contributed by atoms with Crippen molar-refractivity contribution in [1.29, 1.82) is 0 Å². The molecule has 1 aromatic carbocycles. The number of benzene rings is 1. The smallest absolute Gasteiger partial charge is 0.241 e. The number of sulfonamides is 1. The van der Waals surface area contributed by atoms with Crippen LogP contribution in [-0.4, -0.2) is 34.0 Å². The van der Waals surface area contributed by atoms with Gasteiger partial charge in [0.2, 0.25) is 15.9 Å². The first kappa shape index (κ1) is 18.7. The number of carbonyl (C=O) groups is 1. The Morgan fingerprint density at radius 2 is 1.95 bits per heavy atom. The van der Waals surface area contributed by atoms with Gasteiger partial charge in [0.05, 0.1) is 23.1 Å². The van der Waals surface area contributed by atoms with Crippen molar-refractivity contribution in [2.24, 2.45) is 5.92 Å². The quantitative estimate of drug-likeness (QED) is 0.786. The first-order chi connectivity index (χ1) is 10.2. The zero-order valence-electron chi connectivity index (χ0n) is 13.0. The van der Waals surface area contributed by atoms with Gasteiger partial charge >= 0.3 is 0 Å². The summed E-state index contributed by atoms with van der Waals surface area (Å²) in [7, 11) is -2.40. The van der Waals surface area contributed by atoms with Gasteiger partial charge in [-0.05, 0) is 31.0 Å². The molecule has 0 fully saturated rings. The summed E-state index contributed by atoms with van der Waals surface area (Å²) in [6, 6.07) is 3.22. The van der Waals surface area contributed by atoms with E-state index in [2.05, 4.69) is 10.0 Å². The molecule has 1 amide bonds. The number of halogens is 1. The van der Waals surface area contributed by atoms with Gasteiger partial charge in [-0.1, -0.05) is 25.4 Å². The van der Waals surface area contributed by atoms with Crippen molar-refractivity contribution in [3.63, 3.8) is 0 Å². The molecule has 124 valence electrons. The van der Waals surface area contributed by atoms with Crippen molar-refractivity contribution in [3.8, 4) is 5.75 Å². The summed E-state index contributed by atoms with van der Waals surface area (Å²) >= 11 is 5.92. The van der Waals surface area contributed by atoms with E-state index in [9.17, 15) is 13.2 Å². The lowest BCUT2D eigenvalue weighted by molar-refractivity contribution is -0.122. The lowest BCUT2D eigenvalue weighted by Gasteiger charge is -2.16. The number of amides is 1. The molecule has 1 rings (SSSR count). The molecule has 0 saturated heterocycles. The number of methoxy groups -OCH3 is 1. The van der Waals surface area contributed by atoms with E-state index in [0.29, 0.717) is 12.3 Å². The zero-order valence-corrected chi connectivity index (χ0v) is 14.6. The number of hydrogen-bond acceptors (Lipinski definition) is 4. The number of ether oxygens (including phenoxy) is 1. The van der Waals surface area contributed by atoms with Gasteiger partial charge in [-0.25, -0.2) is 8.42 Å². The Balaban J connectivity index is 2.82. The molecule has 2 N–H and O–H groups in total. The number of nitrogens with one attached hydrogen (secondary N) is 2. The fraction of sp³-hybridized carbons (Fsp3) is 0.500. The minimum absolute atomic E-state index is 0.0261. The van der Waals surface area contributed by atoms with Crippen molar-refractivity contribution in [1.82, 2.24) is 10.0 Å². The molecule has 0 aliphatic rings. The van der Waals surface area contributed by atoms with E-state index in [1.165, 1.54) is 32.2 Å². The molecule has 8 heteroatoms. The van der Waals surface area contributed by atoms with Crippen LogP contribution in [0.5, 0.6) is 5.75 Å². The van der Waals surface area contributed by atoms with E-state index < -0.39 is 16.1 Å². The van der Waals surface area contributed by atoms with Gasteiger partial charge in [-0.3, -0.25) is 4.79 Å². The van der Waals surface area contributed by atoms with E-state index in [-0.39, 0.29) is 21.7 Å². The normalized spacial score (nSPS) is 13.0. The van der Waals surface area contributed by atoms with Crippen molar-refractivity contribution >= 4 is 27.5 Å². The van der Waals surface area contributed by atoms with Crippen LogP contribution < -0.4 is 14.8 Å². The Kier molecular flexibility index (Phi) is 6.65. The highest BCUT2D eigenvalue weighted by molar-refractivity contribution is 7.89. The number of hydrogen-bond donors (Lipinski definition) is 2. The molecule has 0 heterocycles. The first-order valence-corrected chi connectivity index (χ1v) is 8.67. The van der Waals surface area contributed by atoms with E-state index in [1.807, 2.05) is 13.8 Å². The summed E-state index contributed by atoms with van der Waals surface area (Å²) in [5.41, 5.74) is 0. The molecule has 0 unspecified atom stereocenters. The van der Waals surface area contributed by atoms with Crippen LogP contribution >= 0.6 is 11.6 Å². The second kappa shape index (κ2) is 7.80. The van der Waals surface area contributed by atoms with Gasteiger partial charge in [0.25, 0.3) is 0 Å². The highest BCUT2D eigenvalue weighted by atomic mass is 35.5. The molecule has 1 aromatic rings. The van der Waals surface area contributed by atoms with Gasteiger partial charge < -0.3 is 10.1 Å². The van der Waals surface area contributed by atoms with Crippen LogP contribution in [0.25, 0.3) is 0 Å². The zero-order chi connectivity index (χ0) is 16.9. The molecular weight excluding hydrogens is 328 g/mol. The summed E-state index contributed by atoms with van der Waals surface area (Å²) < 4.78 is 31.8. The monoisotopic (exact) mass is 348 g/mol. The van der Waals surface area contributed by atoms with Crippen molar-refractivity contribution in [3.05, 3.63) is 23.2 Å². The third-order valence-electron chi connectivity index (χ3n) is 2.84. The maximum absolute atomic E-state index is 12.2. The Morgan fingerprint density at radius 3 is 2.45 bits per heavy atom. The fourth-order valence-electron chi connectivity index (χ4n) is 1.63. The maximum Gasteiger partial charge on any atom is 0.241 e. The van der Waals surface area contributed by atoms with Crippen LogP contribution in [0.4, 0.5) is 0 Å². The van der Waals surface area contributed by atoms with Gasteiger partial charge in [-0.15, -0.1) is 0 Å². The van der Waals surface area contributed by atoms with Gasteiger partial charge in [-0.2, -0.15) is 4.72 Å². The highest BCUT2D eigenvalue weighted by Crippen LogP contribution is 2.26. The van der Waals surface area contributed by atoms with E-state index in [4.69, 9.17) is 16.3 Å². The summed E-state index contributed by atoms with van der Waals surface area (Å²) in [6.45, 7) is 5.88. The van der Waals surface area contributed by atoms with Crippen LogP contribution in [0, 0.1) is 5.92 Å². The molecule has 1 atom stereocenters. The van der Waals surface area contributed by atoms with Crippen molar-refractivity contribution in [2.75, 3.05) is 13.7 Å². The topological polar surface area (TPSA) is 84.5 Å². The second-order valence-corrected chi connectivity index (χ2v) is 7.40. The predicted molar refractivity (Wildman–Crippen MR) is 85.6 cm³/mol. The second-order valence-electron chi connectivity index (χ2n) is 5.28. The van der Waals surface area contributed by atoms with Crippen LogP contribution in [-0.2, 0) is 14.8 Å². The van der Waals surface area contributed by atoms with Crippen LogP contribution in [0.15, 0.2) is 23.1 Å². The molecule has 6 nitrogen and oxygen atoms in total. The maximum atomic E-state index is 12.2. The standard InChI is InChI=1S/C14H21ClN2O4S/c1-9(2)8-16-14(18)10(3)17-22(19,20)11-5-6-13(21-4)12(15)7-11/h5-7,9-10,17H,8H2,1-4H3,(H,16,18)/t10-/m1/s1. The summed E-state index contributed by atoms with van der Waals surface area (Å²) in [6.07, 6.45) is 0. The van der Waals surface area contributed by atoms with Crippen molar-refractivity contribution < 1.29 is 17.9 Å². The molecule has 0 saturated carbocycles. The minimum Gasteiger partial charge on any atom is -0.495 e.